The molecule has 0 aliphatic rings. The topological polar surface area (TPSA) is 52.3 Å². The third-order valence-electron chi connectivity index (χ3n) is 3.05. The van der Waals surface area contributed by atoms with E-state index in [1.807, 2.05) is 42.5 Å². The van der Waals surface area contributed by atoms with Crippen molar-refractivity contribution in [3.63, 3.8) is 0 Å². The third kappa shape index (κ3) is 2.16. The predicted molar refractivity (Wildman–Crippen MR) is 75.4 cm³/mol. The number of rotatable bonds is 3. The molecule has 2 aromatic carbocycles. The summed E-state index contributed by atoms with van der Waals surface area (Å²) in [5.74, 6) is -0.352. The molecule has 0 aliphatic carbocycles. The van der Waals surface area contributed by atoms with E-state index in [9.17, 15) is 4.79 Å². The van der Waals surface area contributed by atoms with Gasteiger partial charge in [-0.2, -0.15) is 0 Å². The fourth-order valence-corrected chi connectivity index (χ4v) is 2.13. The Bertz CT molecular complexity index is 761. The molecule has 0 radical (unpaired) electrons. The average Bonchev–Trinajstić information content (AvgIpc) is 2.96. The van der Waals surface area contributed by atoms with Crippen LogP contribution in [0.5, 0.6) is 0 Å². The smallest absolute Gasteiger partial charge is 0.376 e. The minimum Gasteiger partial charge on any atom is -0.460 e. The van der Waals surface area contributed by atoms with Gasteiger partial charge >= 0.3 is 5.97 Å². The number of ether oxygens (including phenoxy) is 1. The minimum absolute atomic E-state index is 0.141. The molecule has 0 N–H and O–H groups in total. The van der Waals surface area contributed by atoms with Gasteiger partial charge in [0.05, 0.1) is 6.61 Å². The van der Waals surface area contributed by atoms with Crippen molar-refractivity contribution in [2.75, 3.05) is 6.61 Å². The Morgan fingerprint density at radius 2 is 2.00 bits per heavy atom. The lowest BCUT2D eigenvalue weighted by Gasteiger charge is -2.03. The van der Waals surface area contributed by atoms with Crippen molar-refractivity contribution in [2.24, 2.45) is 0 Å². The van der Waals surface area contributed by atoms with Gasteiger partial charge in [0, 0.05) is 5.56 Å². The molecule has 3 aromatic rings. The second-order valence-corrected chi connectivity index (χ2v) is 4.31. The molecule has 1 aromatic heterocycles. The van der Waals surface area contributed by atoms with Crippen LogP contribution in [0.4, 0.5) is 0 Å². The lowest BCUT2D eigenvalue weighted by atomic mass is 10.0. The van der Waals surface area contributed by atoms with Crippen molar-refractivity contribution >= 4 is 16.7 Å². The van der Waals surface area contributed by atoms with Crippen molar-refractivity contribution in [1.82, 2.24) is 4.98 Å². The zero-order chi connectivity index (χ0) is 13.9. The van der Waals surface area contributed by atoms with Gasteiger partial charge in [-0.1, -0.05) is 36.4 Å². The van der Waals surface area contributed by atoms with Gasteiger partial charge in [-0.3, -0.25) is 0 Å². The number of fused-ring (bicyclic) bond motifs is 1. The molecule has 0 aliphatic heterocycles. The molecular weight excluding hydrogens is 254 g/mol. The summed E-state index contributed by atoms with van der Waals surface area (Å²) in [6, 6.07) is 13.9. The van der Waals surface area contributed by atoms with E-state index >= 15 is 0 Å². The molecular formula is C16H13NO3. The van der Waals surface area contributed by atoms with Gasteiger partial charge in [-0.05, 0) is 23.8 Å². The van der Waals surface area contributed by atoms with Crippen molar-refractivity contribution in [1.29, 1.82) is 0 Å². The highest BCUT2D eigenvalue weighted by molar-refractivity contribution is 5.95. The van der Waals surface area contributed by atoms with Crippen LogP contribution in [0, 0.1) is 0 Å². The van der Waals surface area contributed by atoms with Crippen LogP contribution in [0.3, 0.4) is 0 Å². The van der Waals surface area contributed by atoms with Crippen molar-refractivity contribution in [3.8, 4) is 11.3 Å². The quantitative estimate of drug-likeness (QED) is 0.679. The molecule has 4 heteroatoms. The van der Waals surface area contributed by atoms with Gasteiger partial charge in [0.2, 0.25) is 5.76 Å². The molecule has 0 atom stereocenters. The summed E-state index contributed by atoms with van der Waals surface area (Å²) in [4.78, 5) is 15.9. The Kier molecular flexibility index (Phi) is 3.21. The van der Waals surface area contributed by atoms with Crippen molar-refractivity contribution < 1.29 is 13.9 Å². The zero-order valence-corrected chi connectivity index (χ0v) is 11.0. The number of nitrogens with zero attached hydrogens (tertiary/aromatic N) is 1. The molecule has 1 heterocycles. The van der Waals surface area contributed by atoms with E-state index in [0.717, 1.165) is 16.3 Å². The van der Waals surface area contributed by atoms with Crippen LogP contribution in [0.15, 0.2) is 53.3 Å². The molecule has 0 fully saturated rings. The number of esters is 1. The van der Waals surface area contributed by atoms with Crippen LogP contribution < -0.4 is 0 Å². The third-order valence-corrected chi connectivity index (χ3v) is 3.05. The van der Waals surface area contributed by atoms with E-state index in [2.05, 4.69) is 4.98 Å². The number of hydrogen-bond acceptors (Lipinski definition) is 4. The van der Waals surface area contributed by atoms with Crippen LogP contribution >= 0.6 is 0 Å². The normalized spacial score (nSPS) is 10.7. The van der Waals surface area contributed by atoms with E-state index in [4.69, 9.17) is 9.15 Å². The fourth-order valence-electron chi connectivity index (χ4n) is 2.13. The standard InChI is InChI=1S/C16H13NO3/c1-2-19-16(18)15-14(17-10-20-15)13-8-7-11-5-3-4-6-12(11)9-13/h3-10H,2H2,1H3. The number of aromatic nitrogens is 1. The number of benzene rings is 2. The lowest BCUT2D eigenvalue weighted by Crippen LogP contribution is -2.04. The molecule has 0 amide bonds. The summed E-state index contributed by atoms with van der Waals surface area (Å²) >= 11 is 0. The Morgan fingerprint density at radius 1 is 1.20 bits per heavy atom. The van der Waals surface area contributed by atoms with Crippen LogP contribution in [-0.2, 0) is 4.74 Å². The largest absolute Gasteiger partial charge is 0.460 e. The Morgan fingerprint density at radius 3 is 2.80 bits per heavy atom. The highest BCUT2D eigenvalue weighted by Crippen LogP contribution is 2.26. The Hall–Kier alpha value is -2.62. The first-order valence-corrected chi connectivity index (χ1v) is 6.39. The molecule has 0 spiro atoms. The molecule has 4 nitrogen and oxygen atoms in total. The Balaban J connectivity index is 2.07. The highest BCUT2D eigenvalue weighted by Gasteiger charge is 2.19. The van der Waals surface area contributed by atoms with E-state index in [0.29, 0.717) is 12.3 Å². The first-order chi connectivity index (χ1) is 9.79. The number of carbonyl (C=O) groups excluding carboxylic acids is 1. The first kappa shape index (κ1) is 12.4. The number of oxazole rings is 1. The second kappa shape index (κ2) is 5.17. The molecule has 100 valence electrons. The van der Waals surface area contributed by atoms with E-state index in [-0.39, 0.29) is 5.76 Å². The molecule has 3 rings (SSSR count). The van der Waals surface area contributed by atoms with E-state index in [1.165, 1.54) is 6.39 Å². The van der Waals surface area contributed by atoms with Gasteiger partial charge in [0.1, 0.15) is 5.69 Å². The monoisotopic (exact) mass is 267 g/mol. The molecule has 0 bridgehead atoms. The lowest BCUT2D eigenvalue weighted by molar-refractivity contribution is 0.0491. The first-order valence-electron chi connectivity index (χ1n) is 6.39. The van der Waals surface area contributed by atoms with Crippen molar-refractivity contribution in [2.45, 2.75) is 6.92 Å². The summed E-state index contributed by atoms with van der Waals surface area (Å²) in [5, 5.41) is 2.22. The van der Waals surface area contributed by atoms with Gasteiger partial charge in [-0.15, -0.1) is 0 Å². The molecule has 20 heavy (non-hydrogen) atoms. The van der Waals surface area contributed by atoms with Crippen LogP contribution in [-0.4, -0.2) is 17.6 Å². The van der Waals surface area contributed by atoms with Gasteiger partial charge in [0.15, 0.2) is 6.39 Å². The molecule has 0 unspecified atom stereocenters. The van der Waals surface area contributed by atoms with Gasteiger partial charge in [-0.25, -0.2) is 9.78 Å². The maximum absolute atomic E-state index is 11.8. The van der Waals surface area contributed by atoms with Crippen molar-refractivity contribution in [3.05, 3.63) is 54.6 Å². The van der Waals surface area contributed by atoms with Crippen LogP contribution in [0.1, 0.15) is 17.5 Å². The molecule has 0 saturated carbocycles. The predicted octanol–water partition coefficient (Wildman–Crippen LogP) is 3.67. The van der Waals surface area contributed by atoms with E-state index < -0.39 is 5.97 Å². The van der Waals surface area contributed by atoms with E-state index in [1.54, 1.807) is 6.92 Å². The second-order valence-electron chi connectivity index (χ2n) is 4.31. The summed E-state index contributed by atoms with van der Waals surface area (Å²) < 4.78 is 10.1. The number of hydrogen-bond donors (Lipinski definition) is 0. The fraction of sp³-hybridized carbons (Fsp3) is 0.125. The summed E-state index contributed by atoms with van der Waals surface area (Å²) in [5.41, 5.74) is 1.34. The summed E-state index contributed by atoms with van der Waals surface area (Å²) in [6.45, 7) is 2.06. The average molecular weight is 267 g/mol. The zero-order valence-electron chi connectivity index (χ0n) is 11.0. The minimum atomic E-state index is -0.492. The van der Waals surface area contributed by atoms with Gasteiger partial charge in [0.25, 0.3) is 0 Å². The SMILES string of the molecule is CCOC(=O)c1ocnc1-c1ccc2ccccc2c1. The highest BCUT2D eigenvalue weighted by atomic mass is 16.5. The maximum atomic E-state index is 11.8. The molecule has 0 saturated heterocycles. The Labute approximate surface area is 116 Å². The number of carbonyl (C=O) groups is 1. The van der Waals surface area contributed by atoms with Crippen LogP contribution in [0.25, 0.3) is 22.0 Å². The van der Waals surface area contributed by atoms with Crippen LogP contribution in [0.2, 0.25) is 0 Å². The summed E-state index contributed by atoms with van der Waals surface area (Å²) in [6.07, 6.45) is 1.26. The van der Waals surface area contributed by atoms with Gasteiger partial charge < -0.3 is 9.15 Å². The summed E-state index contributed by atoms with van der Waals surface area (Å²) in [7, 11) is 0. The maximum Gasteiger partial charge on any atom is 0.376 e.